The highest BCUT2D eigenvalue weighted by atomic mass is 32.1. The standard InChI is InChI=1S/C15H18N2OS/c1-17(2)10-9-11-3-5-12(6-4-11)13-7-8-14(19-13)15(16)18/h3-8H,9-10H2,1-2H3,(H2,16,18). The number of rotatable bonds is 5. The van der Waals surface area contributed by atoms with Crippen LogP contribution in [0.25, 0.3) is 10.4 Å². The Morgan fingerprint density at radius 1 is 1.16 bits per heavy atom. The van der Waals surface area contributed by atoms with Crippen molar-refractivity contribution in [2.45, 2.75) is 6.42 Å². The molecule has 2 N–H and O–H groups in total. The highest BCUT2D eigenvalue weighted by Gasteiger charge is 2.06. The molecule has 0 aliphatic carbocycles. The molecule has 0 saturated heterocycles. The molecule has 19 heavy (non-hydrogen) atoms. The molecule has 1 amide bonds. The molecular weight excluding hydrogens is 256 g/mol. The fraction of sp³-hybridized carbons (Fsp3) is 0.267. The van der Waals surface area contributed by atoms with E-state index in [4.69, 9.17) is 5.73 Å². The molecule has 0 aliphatic rings. The number of carbonyl (C=O) groups excluding carboxylic acids is 1. The van der Waals surface area contributed by atoms with Gasteiger partial charge in [-0.05, 0) is 43.8 Å². The summed E-state index contributed by atoms with van der Waals surface area (Å²) in [4.78, 5) is 14.9. The third-order valence-electron chi connectivity index (χ3n) is 2.93. The molecule has 0 spiro atoms. The molecule has 1 heterocycles. The zero-order valence-corrected chi connectivity index (χ0v) is 12.0. The Morgan fingerprint density at radius 2 is 1.84 bits per heavy atom. The van der Waals surface area contributed by atoms with Crippen LogP contribution in [0.15, 0.2) is 36.4 Å². The predicted molar refractivity (Wildman–Crippen MR) is 80.5 cm³/mol. The lowest BCUT2D eigenvalue weighted by Gasteiger charge is -2.09. The minimum atomic E-state index is -0.362. The lowest BCUT2D eigenvalue weighted by molar-refractivity contribution is 0.100. The Bertz CT molecular complexity index is 558. The third-order valence-corrected chi connectivity index (χ3v) is 4.08. The van der Waals surface area contributed by atoms with Crippen molar-refractivity contribution >= 4 is 17.2 Å². The molecule has 2 aromatic rings. The van der Waals surface area contributed by atoms with E-state index in [1.54, 1.807) is 6.07 Å². The van der Waals surface area contributed by atoms with Crippen molar-refractivity contribution in [1.82, 2.24) is 4.90 Å². The number of hydrogen-bond acceptors (Lipinski definition) is 3. The molecular formula is C15H18N2OS. The topological polar surface area (TPSA) is 46.3 Å². The number of carbonyl (C=O) groups is 1. The first-order valence-corrected chi connectivity index (χ1v) is 7.01. The van der Waals surface area contributed by atoms with Crippen molar-refractivity contribution < 1.29 is 4.79 Å². The van der Waals surface area contributed by atoms with Crippen LogP contribution in [0.5, 0.6) is 0 Å². The van der Waals surface area contributed by atoms with Gasteiger partial charge >= 0.3 is 0 Å². The summed E-state index contributed by atoms with van der Waals surface area (Å²) in [7, 11) is 4.15. The summed E-state index contributed by atoms with van der Waals surface area (Å²) in [6.07, 6.45) is 1.05. The van der Waals surface area contributed by atoms with E-state index in [0.717, 1.165) is 23.4 Å². The molecule has 3 nitrogen and oxygen atoms in total. The Labute approximate surface area is 117 Å². The summed E-state index contributed by atoms with van der Waals surface area (Å²) in [6.45, 7) is 1.05. The fourth-order valence-electron chi connectivity index (χ4n) is 1.81. The third kappa shape index (κ3) is 3.66. The molecule has 1 aromatic carbocycles. The average Bonchev–Trinajstić information content (AvgIpc) is 2.86. The monoisotopic (exact) mass is 274 g/mol. The Kier molecular flexibility index (Phi) is 4.35. The van der Waals surface area contributed by atoms with E-state index in [-0.39, 0.29) is 5.91 Å². The van der Waals surface area contributed by atoms with E-state index in [1.165, 1.54) is 16.9 Å². The van der Waals surface area contributed by atoms with Gasteiger partial charge in [0.25, 0.3) is 5.91 Å². The normalized spacial score (nSPS) is 10.9. The molecule has 0 atom stereocenters. The van der Waals surface area contributed by atoms with Crippen molar-refractivity contribution in [3.05, 3.63) is 46.8 Å². The van der Waals surface area contributed by atoms with E-state index in [9.17, 15) is 4.79 Å². The van der Waals surface area contributed by atoms with E-state index >= 15 is 0 Å². The van der Waals surface area contributed by atoms with Crippen LogP contribution in [0, 0.1) is 0 Å². The van der Waals surface area contributed by atoms with Crippen LogP contribution in [-0.2, 0) is 6.42 Å². The number of benzene rings is 1. The van der Waals surface area contributed by atoms with Crippen LogP contribution in [0.4, 0.5) is 0 Å². The summed E-state index contributed by atoms with van der Waals surface area (Å²) in [5.41, 5.74) is 7.72. The number of likely N-dealkylation sites (N-methyl/N-ethyl adjacent to an activating group) is 1. The number of amides is 1. The Balaban J connectivity index is 2.10. The zero-order valence-electron chi connectivity index (χ0n) is 11.2. The minimum Gasteiger partial charge on any atom is -0.365 e. The van der Waals surface area contributed by atoms with Gasteiger partial charge in [-0.3, -0.25) is 4.79 Å². The number of primary amides is 1. The SMILES string of the molecule is CN(C)CCc1ccc(-c2ccc(C(N)=O)s2)cc1. The van der Waals surface area contributed by atoms with Gasteiger partial charge in [-0.15, -0.1) is 11.3 Å². The first kappa shape index (κ1) is 13.8. The van der Waals surface area contributed by atoms with Gasteiger partial charge < -0.3 is 10.6 Å². The lowest BCUT2D eigenvalue weighted by atomic mass is 10.1. The van der Waals surface area contributed by atoms with Gasteiger partial charge in [0.15, 0.2) is 0 Å². The lowest BCUT2D eigenvalue weighted by Crippen LogP contribution is -2.14. The van der Waals surface area contributed by atoms with Crippen LogP contribution in [0.3, 0.4) is 0 Å². The number of nitrogens with two attached hydrogens (primary N) is 1. The van der Waals surface area contributed by atoms with Crippen LogP contribution in [0.1, 0.15) is 15.2 Å². The first-order valence-electron chi connectivity index (χ1n) is 6.20. The van der Waals surface area contributed by atoms with Crippen molar-refractivity contribution in [2.24, 2.45) is 5.73 Å². The van der Waals surface area contributed by atoms with Gasteiger partial charge in [-0.2, -0.15) is 0 Å². The smallest absolute Gasteiger partial charge is 0.258 e. The molecule has 0 saturated carbocycles. The molecule has 0 fully saturated rings. The first-order chi connectivity index (χ1) is 9.06. The largest absolute Gasteiger partial charge is 0.365 e. The summed E-state index contributed by atoms with van der Waals surface area (Å²) in [6, 6.07) is 12.2. The zero-order chi connectivity index (χ0) is 13.8. The van der Waals surface area contributed by atoms with Gasteiger partial charge in [0.2, 0.25) is 0 Å². The van der Waals surface area contributed by atoms with Gasteiger partial charge in [0, 0.05) is 11.4 Å². The van der Waals surface area contributed by atoms with Crippen LogP contribution in [0.2, 0.25) is 0 Å². The van der Waals surface area contributed by atoms with Gasteiger partial charge in [-0.1, -0.05) is 24.3 Å². The fourth-order valence-corrected chi connectivity index (χ4v) is 2.68. The van der Waals surface area contributed by atoms with Crippen LogP contribution < -0.4 is 5.73 Å². The maximum atomic E-state index is 11.1. The summed E-state index contributed by atoms with van der Waals surface area (Å²) < 4.78 is 0. The van der Waals surface area contributed by atoms with Gasteiger partial charge in [0.05, 0.1) is 4.88 Å². The molecule has 0 unspecified atom stereocenters. The Morgan fingerprint density at radius 3 is 2.37 bits per heavy atom. The minimum absolute atomic E-state index is 0.362. The molecule has 0 radical (unpaired) electrons. The van der Waals surface area contributed by atoms with Gasteiger partial charge in [0.1, 0.15) is 0 Å². The second-order valence-electron chi connectivity index (χ2n) is 4.78. The average molecular weight is 274 g/mol. The van der Waals surface area contributed by atoms with Gasteiger partial charge in [-0.25, -0.2) is 0 Å². The maximum Gasteiger partial charge on any atom is 0.258 e. The highest BCUT2D eigenvalue weighted by Crippen LogP contribution is 2.28. The van der Waals surface area contributed by atoms with E-state index in [0.29, 0.717) is 4.88 Å². The molecule has 100 valence electrons. The summed E-state index contributed by atoms with van der Waals surface area (Å²) >= 11 is 1.44. The van der Waals surface area contributed by atoms with Crippen LogP contribution >= 0.6 is 11.3 Å². The van der Waals surface area contributed by atoms with Crippen molar-refractivity contribution in [2.75, 3.05) is 20.6 Å². The summed E-state index contributed by atoms with van der Waals surface area (Å²) in [5.74, 6) is -0.362. The number of nitrogens with zero attached hydrogens (tertiary/aromatic N) is 1. The van der Waals surface area contributed by atoms with E-state index < -0.39 is 0 Å². The maximum absolute atomic E-state index is 11.1. The van der Waals surface area contributed by atoms with Crippen molar-refractivity contribution in [3.8, 4) is 10.4 Å². The quantitative estimate of drug-likeness (QED) is 0.911. The molecule has 0 bridgehead atoms. The molecule has 4 heteroatoms. The molecule has 1 aromatic heterocycles. The number of thiophene rings is 1. The van der Waals surface area contributed by atoms with E-state index in [2.05, 4.69) is 43.3 Å². The molecule has 0 aliphatic heterocycles. The van der Waals surface area contributed by atoms with Crippen LogP contribution in [-0.4, -0.2) is 31.4 Å². The predicted octanol–water partition coefficient (Wildman–Crippen LogP) is 2.62. The van der Waals surface area contributed by atoms with Crippen molar-refractivity contribution in [1.29, 1.82) is 0 Å². The number of hydrogen-bond donors (Lipinski definition) is 1. The van der Waals surface area contributed by atoms with E-state index in [1.807, 2.05) is 6.07 Å². The second-order valence-corrected chi connectivity index (χ2v) is 5.86. The van der Waals surface area contributed by atoms with Crippen molar-refractivity contribution in [3.63, 3.8) is 0 Å². The highest BCUT2D eigenvalue weighted by molar-refractivity contribution is 7.17. The molecule has 2 rings (SSSR count). The second kappa shape index (κ2) is 5.99. The summed E-state index contributed by atoms with van der Waals surface area (Å²) in [5, 5.41) is 0. The Hall–Kier alpha value is -1.65.